The van der Waals surface area contributed by atoms with E-state index in [9.17, 15) is 9.59 Å². The van der Waals surface area contributed by atoms with E-state index in [1.807, 2.05) is 26.0 Å². The molecule has 0 spiro atoms. The first-order valence-electron chi connectivity index (χ1n) is 10.5. The minimum Gasteiger partial charge on any atom is -0.493 e. The van der Waals surface area contributed by atoms with Crippen molar-refractivity contribution in [2.24, 2.45) is 4.99 Å². The second-order valence-electron chi connectivity index (χ2n) is 6.82. The monoisotopic (exact) mass is 532 g/mol. The highest BCUT2D eigenvalue weighted by Crippen LogP contribution is 2.38. The second kappa shape index (κ2) is 11.4. The summed E-state index contributed by atoms with van der Waals surface area (Å²) in [7, 11) is 1.68. The Kier molecular flexibility index (Phi) is 8.57. The summed E-state index contributed by atoms with van der Waals surface area (Å²) in [5.74, 6) is 0.775. The van der Waals surface area contributed by atoms with Gasteiger partial charge in [0.05, 0.1) is 40.4 Å². The zero-order valence-corrected chi connectivity index (χ0v) is 21.3. The molecule has 0 bridgehead atoms. The van der Waals surface area contributed by atoms with Gasteiger partial charge in [0.15, 0.2) is 5.17 Å². The maximum absolute atomic E-state index is 12.9. The summed E-state index contributed by atoms with van der Waals surface area (Å²) < 4.78 is 17.2. The molecule has 1 aliphatic rings. The molecule has 1 aliphatic heterocycles. The highest BCUT2D eigenvalue weighted by Gasteiger charge is 2.30. The smallest absolute Gasteiger partial charge is 0.338 e. The first-order valence-corrected chi connectivity index (χ1v) is 12.1. The van der Waals surface area contributed by atoms with Crippen molar-refractivity contribution in [3.63, 3.8) is 0 Å². The number of carbonyl (C=O) groups excluding carboxylic acids is 2. The Morgan fingerprint density at radius 2 is 1.73 bits per heavy atom. The molecule has 1 heterocycles. The van der Waals surface area contributed by atoms with Crippen LogP contribution >= 0.6 is 27.7 Å². The lowest BCUT2D eigenvalue weighted by molar-refractivity contribution is -0.121. The molecule has 1 saturated heterocycles. The van der Waals surface area contributed by atoms with Crippen LogP contribution in [-0.2, 0) is 9.53 Å². The molecule has 0 N–H and O–H groups in total. The minimum absolute atomic E-state index is 0.158. The highest BCUT2D eigenvalue weighted by molar-refractivity contribution is 9.10. The molecule has 7 nitrogen and oxygen atoms in total. The van der Waals surface area contributed by atoms with Crippen molar-refractivity contribution in [1.82, 2.24) is 4.90 Å². The van der Waals surface area contributed by atoms with Crippen LogP contribution in [0, 0.1) is 0 Å². The zero-order chi connectivity index (χ0) is 24.0. The van der Waals surface area contributed by atoms with E-state index in [0.29, 0.717) is 52.6 Å². The number of hydrogen-bond acceptors (Lipinski definition) is 7. The van der Waals surface area contributed by atoms with E-state index in [1.165, 1.54) is 16.7 Å². The van der Waals surface area contributed by atoms with Gasteiger partial charge in [0, 0.05) is 18.7 Å². The van der Waals surface area contributed by atoms with Gasteiger partial charge in [0.1, 0.15) is 11.5 Å². The fourth-order valence-corrected chi connectivity index (χ4v) is 4.45. The number of thioether (sulfide) groups is 1. The third-order valence-electron chi connectivity index (χ3n) is 4.56. The third-order valence-corrected chi connectivity index (χ3v) is 6.24. The van der Waals surface area contributed by atoms with Gasteiger partial charge in [-0.15, -0.1) is 0 Å². The van der Waals surface area contributed by atoms with Crippen molar-refractivity contribution in [1.29, 1.82) is 0 Å². The van der Waals surface area contributed by atoms with Crippen molar-refractivity contribution in [3.05, 3.63) is 56.9 Å². The fraction of sp³-hybridized carbons (Fsp3) is 0.292. The summed E-state index contributed by atoms with van der Waals surface area (Å²) in [6, 6.07) is 10.4. The zero-order valence-electron chi connectivity index (χ0n) is 18.9. The maximum atomic E-state index is 12.9. The van der Waals surface area contributed by atoms with E-state index in [-0.39, 0.29) is 11.9 Å². The predicted molar refractivity (Wildman–Crippen MR) is 134 cm³/mol. The van der Waals surface area contributed by atoms with Gasteiger partial charge in [-0.05, 0) is 84.9 Å². The van der Waals surface area contributed by atoms with Crippen LogP contribution in [0.2, 0.25) is 0 Å². The third kappa shape index (κ3) is 5.97. The lowest BCUT2D eigenvalue weighted by atomic mass is 10.1. The first-order chi connectivity index (χ1) is 15.9. The number of hydrogen-bond donors (Lipinski definition) is 0. The Hall–Kier alpha value is -2.78. The molecule has 0 saturated carbocycles. The van der Waals surface area contributed by atoms with Gasteiger partial charge in [-0.1, -0.05) is 0 Å². The number of halogens is 1. The van der Waals surface area contributed by atoms with Crippen LogP contribution in [0.3, 0.4) is 0 Å². The van der Waals surface area contributed by atoms with Crippen LogP contribution in [0.4, 0.5) is 5.69 Å². The SMILES string of the molecule is CCOC(=O)c1ccc(N=C2S/C(=C\c3cc(Br)c(OCC)cc3OCC)C(=O)N2C)cc1. The fourth-order valence-electron chi connectivity index (χ4n) is 3.00. The number of amidine groups is 1. The molecule has 0 aliphatic carbocycles. The van der Waals surface area contributed by atoms with E-state index < -0.39 is 0 Å². The highest BCUT2D eigenvalue weighted by atomic mass is 79.9. The molecule has 3 rings (SSSR count). The molecule has 9 heteroatoms. The van der Waals surface area contributed by atoms with Crippen molar-refractivity contribution < 1.29 is 23.8 Å². The number of likely N-dealkylation sites (N-methyl/N-ethyl adjacent to an activating group) is 1. The Bertz CT molecular complexity index is 1100. The molecule has 0 radical (unpaired) electrons. The Morgan fingerprint density at radius 3 is 2.36 bits per heavy atom. The molecule has 1 fully saturated rings. The first kappa shape index (κ1) is 24.9. The molecule has 174 valence electrons. The molecule has 0 unspecified atom stereocenters. The van der Waals surface area contributed by atoms with Crippen molar-refractivity contribution >= 4 is 56.5 Å². The summed E-state index contributed by atoms with van der Waals surface area (Å²) in [5.41, 5.74) is 1.84. The number of aliphatic imine (C=N–C) groups is 1. The average molecular weight is 533 g/mol. The van der Waals surface area contributed by atoms with E-state index in [0.717, 1.165) is 10.0 Å². The maximum Gasteiger partial charge on any atom is 0.338 e. The summed E-state index contributed by atoms with van der Waals surface area (Å²) in [4.78, 5) is 31.3. The molecule has 33 heavy (non-hydrogen) atoms. The van der Waals surface area contributed by atoms with E-state index in [1.54, 1.807) is 44.3 Å². The number of esters is 1. The van der Waals surface area contributed by atoms with Crippen LogP contribution in [0.5, 0.6) is 11.5 Å². The quantitative estimate of drug-likeness (QED) is 0.322. The van der Waals surface area contributed by atoms with Crippen molar-refractivity contribution in [3.8, 4) is 11.5 Å². The minimum atomic E-state index is -0.379. The lowest BCUT2D eigenvalue weighted by Gasteiger charge is -2.12. The molecule has 2 aromatic carbocycles. The van der Waals surface area contributed by atoms with Gasteiger partial charge in [-0.25, -0.2) is 9.79 Å². The Balaban J connectivity index is 1.88. The number of benzene rings is 2. The Morgan fingerprint density at radius 1 is 1.06 bits per heavy atom. The van der Waals surface area contributed by atoms with Crippen molar-refractivity contribution in [2.45, 2.75) is 20.8 Å². The number of nitrogens with zero attached hydrogens (tertiary/aromatic N) is 2. The summed E-state index contributed by atoms with van der Waals surface area (Å²) in [6.07, 6.45) is 1.79. The summed E-state index contributed by atoms with van der Waals surface area (Å²) in [5, 5.41) is 0.540. The molecule has 2 aromatic rings. The van der Waals surface area contributed by atoms with Crippen LogP contribution in [-0.4, -0.2) is 48.8 Å². The standard InChI is InChI=1S/C24H25BrN2O5S/c1-5-30-19-14-20(31-6-2)18(25)12-16(19)13-21-22(28)27(4)24(33-21)26-17-10-8-15(9-11-17)23(29)32-7-3/h8-14H,5-7H2,1-4H3/b21-13-,26-24?. The van der Waals surface area contributed by atoms with E-state index in [2.05, 4.69) is 20.9 Å². The topological polar surface area (TPSA) is 77.4 Å². The second-order valence-corrected chi connectivity index (χ2v) is 8.69. The van der Waals surface area contributed by atoms with E-state index >= 15 is 0 Å². The van der Waals surface area contributed by atoms with Crippen molar-refractivity contribution in [2.75, 3.05) is 26.9 Å². The van der Waals surface area contributed by atoms with Gasteiger partial charge in [0.25, 0.3) is 5.91 Å². The van der Waals surface area contributed by atoms with Gasteiger partial charge in [-0.2, -0.15) is 0 Å². The Labute approximate surface area is 205 Å². The number of ether oxygens (including phenoxy) is 3. The lowest BCUT2D eigenvalue weighted by Crippen LogP contribution is -2.23. The largest absolute Gasteiger partial charge is 0.493 e. The van der Waals surface area contributed by atoms with Gasteiger partial charge < -0.3 is 14.2 Å². The van der Waals surface area contributed by atoms with Gasteiger partial charge in [-0.3, -0.25) is 9.69 Å². The number of amides is 1. The average Bonchev–Trinajstić information content (AvgIpc) is 3.05. The molecule has 1 amide bonds. The van der Waals surface area contributed by atoms with Crippen LogP contribution in [0.25, 0.3) is 6.08 Å². The van der Waals surface area contributed by atoms with Crippen LogP contribution in [0.15, 0.2) is 50.8 Å². The molecule has 0 aromatic heterocycles. The molecular weight excluding hydrogens is 508 g/mol. The molecule has 0 atom stereocenters. The normalized spacial score (nSPS) is 15.9. The van der Waals surface area contributed by atoms with Crippen LogP contribution < -0.4 is 9.47 Å². The predicted octanol–water partition coefficient (Wildman–Crippen LogP) is 5.66. The summed E-state index contributed by atoms with van der Waals surface area (Å²) >= 11 is 4.80. The van der Waals surface area contributed by atoms with Gasteiger partial charge >= 0.3 is 5.97 Å². The summed E-state index contributed by atoms with van der Waals surface area (Å²) in [6.45, 7) is 6.91. The number of carbonyl (C=O) groups is 2. The van der Waals surface area contributed by atoms with Gasteiger partial charge in [0.2, 0.25) is 0 Å². The van der Waals surface area contributed by atoms with Crippen LogP contribution in [0.1, 0.15) is 36.7 Å². The molecular formula is C24H25BrN2O5S. The van der Waals surface area contributed by atoms with E-state index in [4.69, 9.17) is 14.2 Å². The number of rotatable bonds is 8.